The van der Waals surface area contributed by atoms with Crippen molar-refractivity contribution in [1.29, 1.82) is 0 Å². The van der Waals surface area contributed by atoms with E-state index in [1.165, 1.54) is 12.5 Å². The number of hydrogen-bond acceptors (Lipinski definition) is 2. The molecule has 0 spiro atoms. The Labute approximate surface area is 114 Å². The van der Waals surface area contributed by atoms with Crippen LogP contribution in [0.4, 0.5) is 0 Å². The number of carbonyl (C=O) groups excluding carboxylic acids is 1. The normalized spacial score (nSPS) is 11.8. The first-order valence-corrected chi connectivity index (χ1v) is 6.40. The second-order valence-corrected chi connectivity index (χ2v) is 4.97. The summed E-state index contributed by atoms with van der Waals surface area (Å²) in [6.07, 6.45) is 3.88. The Morgan fingerprint density at radius 3 is 2.94 bits per heavy atom. The van der Waals surface area contributed by atoms with Gasteiger partial charge >= 0.3 is 5.97 Å². The number of fused-ring (bicyclic) bond motifs is 1. The summed E-state index contributed by atoms with van der Waals surface area (Å²) < 4.78 is 7.80. The molecular formula is C14H14BrNO2. The van der Waals surface area contributed by atoms with Crippen molar-refractivity contribution in [2.45, 2.75) is 13.5 Å². The smallest absolute Gasteiger partial charge is 0.333 e. The molecule has 0 atom stereocenters. The highest BCUT2D eigenvalue weighted by Gasteiger charge is 2.04. The molecule has 2 aromatic rings. The van der Waals surface area contributed by atoms with Gasteiger partial charge in [0.05, 0.1) is 7.11 Å². The molecule has 0 unspecified atom stereocenters. The first-order valence-electron chi connectivity index (χ1n) is 5.61. The van der Waals surface area contributed by atoms with Gasteiger partial charge in [-0.1, -0.05) is 28.1 Å². The maximum atomic E-state index is 11.3. The fourth-order valence-electron chi connectivity index (χ4n) is 1.80. The summed E-state index contributed by atoms with van der Waals surface area (Å²) in [5, 5.41) is 1.18. The van der Waals surface area contributed by atoms with Crippen molar-refractivity contribution in [3.8, 4) is 0 Å². The van der Waals surface area contributed by atoms with E-state index in [0.717, 1.165) is 9.99 Å². The Bertz CT molecular complexity index is 613. The van der Waals surface area contributed by atoms with E-state index in [9.17, 15) is 4.79 Å². The number of benzene rings is 1. The van der Waals surface area contributed by atoms with Crippen molar-refractivity contribution in [2.24, 2.45) is 0 Å². The van der Waals surface area contributed by atoms with Crippen molar-refractivity contribution in [2.75, 3.05) is 7.11 Å². The second-order valence-electron chi connectivity index (χ2n) is 4.05. The van der Waals surface area contributed by atoms with Gasteiger partial charge in [0.25, 0.3) is 0 Å². The minimum atomic E-state index is -0.285. The molecular weight excluding hydrogens is 294 g/mol. The number of allylic oxidation sites excluding steroid dienone is 1. The molecule has 1 heterocycles. The molecule has 1 aromatic carbocycles. The quantitative estimate of drug-likeness (QED) is 0.642. The fraction of sp³-hybridized carbons (Fsp3) is 0.214. The van der Waals surface area contributed by atoms with Crippen molar-refractivity contribution in [3.05, 3.63) is 46.6 Å². The summed E-state index contributed by atoms with van der Waals surface area (Å²) in [7, 11) is 1.39. The molecule has 0 saturated heterocycles. The van der Waals surface area contributed by atoms with Crippen LogP contribution in [0.15, 0.2) is 46.6 Å². The van der Waals surface area contributed by atoms with E-state index >= 15 is 0 Å². The van der Waals surface area contributed by atoms with Crippen molar-refractivity contribution >= 4 is 32.8 Å². The maximum absolute atomic E-state index is 11.3. The van der Waals surface area contributed by atoms with E-state index in [0.29, 0.717) is 12.1 Å². The first kappa shape index (κ1) is 12.9. The Morgan fingerprint density at radius 1 is 1.44 bits per heavy atom. The molecule has 3 nitrogen and oxygen atoms in total. The van der Waals surface area contributed by atoms with E-state index in [4.69, 9.17) is 0 Å². The lowest BCUT2D eigenvalue weighted by Gasteiger charge is -2.03. The SMILES string of the molecule is COC(=O)C(C)=CCn1ccc2ccc(Br)cc21. The average Bonchev–Trinajstić information content (AvgIpc) is 2.77. The topological polar surface area (TPSA) is 31.2 Å². The maximum Gasteiger partial charge on any atom is 0.333 e. The molecule has 94 valence electrons. The van der Waals surface area contributed by atoms with Crippen molar-refractivity contribution in [1.82, 2.24) is 4.57 Å². The Morgan fingerprint density at radius 2 is 2.22 bits per heavy atom. The van der Waals surface area contributed by atoms with Gasteiger partial charge in [-0.25, -0.2) is 4.79 Å². The van der Waals surface area contributed by atoms with Gasteiger partial charge in [0.15, 0.2) is 0 Å². The van der Waals surface area contributed by atoms with Crippen LogP contribution in [0.3, 0.4) is 0 Å². The highest BCUT2D eigenvalue weighted by Crippen LogP contribution is 2.21. The van der Waals surface area contributed by atoms with Crippen LogP contribution in [0.1, 0.15) is 6.92 Å². The highest BCUT2D eigenvalue weighted by atomic mass is 79.9. The number of nitrogens with zero attached hydrogens (tertiary/aromatic N) is 1. The number of ether oxygens (including phenoxy) is 1. The van der Waals surface area contributed by atoms with E-state index in [1.807, 2.05) is 18.3 Å². The van der Waals surface area contributed by atoms with Gasteiger partial charge in [-0.15, -0.1) is 0 Å². The molecule has 0 bridgehead atoms. The molecule has 0 radical (unpaired) electrons. The van der Waals surface area contributed by atoms with E-state index in [-0.39, 0.29) is 5.97 Å². The first-order chi connectivity index (χ1) is 8.61. The average molecular weight is 308 g/mol. The molecule has 0 saturated carbocycles. The van der Waals surface area contributed by atoms with Gasteiger partial charge in [-0.3, -0.25) is 0 Å². The van der Waals surface area contributed by atoms with E-state index in [2.05, 4.69) is 43.4 Å². The third-order valence-electron chi connectivity index (χ3n) is 2.84. The van der Waals surface area contributed by atoms with Crippen LogP contribution in [-0.4, -0.2) is 17.6 Å². The third kappa shape index (κ3) is 2.64. The zero-order chi connectivity index (χ0) is 13.1. The van der Waals surface area contributed by atoms with Crippen LogP contribution < -0.4 is 0 Å². The van der Waals surface area contributed by atoms with E-state index in [1.54, 1.807) is 6.92 Å². The summed E-state index contributed by atoms with van der Waals surface area (Å²) in [5.41, 5.74) is 1.76. The standard InChI is InChI=1S/C14H14BrNO2/c1-10(14(17)18-2)5-7-16-8-6-11-3-4-12(15)9-13(11)16/h3-6,8-9H,7H2,1-2H3. The number of esters is 1. The lowest BCUT2D eigenvalue weighted by Crippen LogP contribution is -2.03. The predicted octanol–water partition coefficient (Wildman–Crippen LogP) is 3.52. The van der Waals surface area contributed by atoms with Gasteiger partial charge in [-0.2, -0.15) is 0 Å². The molecule has 4 heteroatoms. The van der Waals surface area contributed by atoms with Crippen LogP contribution in [0.2, 0.25) is 0 Å². The Hall–Kier alpha value is -1.55. The van der Waals surface area contributed by atoms with Crippen molar-refractivity contribution < 1.29 is 9.53 Å². The predicted molar refractivity (Wildman–Crippen MR) is 75.4 cm³/mol. The minimum absolute atomic E-state index is 0.285. The van der Waals surface area contributed by atoms with Crippen LogP contribution >= 0.6 is 15.9 Å². The van der Waals surface area contributed by atoms with Crippen LogP contribution in [0.5, 0.6) is 0 Å². The number of methoxy groups -OCH3 is 1. The molecule has 0 aliphatic rings. The lowest BCUT2D eigenvalue weighted by atomic mass is 10.2. The summed E-state index contributed by atoms with van der Waals surface area (Å²) in [6, 6.07) is 8.20. The molecule has 18 heavy (non-hydrogen) atoms. The molecule has 0 aliphatic heterocycles. The number of carbonyl (C=O) groups is 1. The molecule has 0 aliphatic carbocycles. The van der Waals surface area contributed by atoms with Gasteiger partial charge in [-0.05, 0) is 30.5 Å². The second kappa shape index (κ2) is 5.40. The number of rotatable bonds is 3. The minimum Gasteiger partial charge on any atom is -0.466 e. The molecule has 0 fully saturated rings. The largest absolute Gasteiger partial charge is 0.466 e. The molecule has 1 aromatic heterocycles. The zero-order valence-corrected chi connectivity index (χ0v) is 11.9. The van der Waals surface area contributed by atoms with Crippen LogP contribution in [0.25, 0.3) is 10.9 Å². The molecule has 2 rings (SSSR count). The third-order valence-corrected chi connectivity index (χ3v) is 3.33. The summed E-state index contributed by atoms with van der Waals surface area (Å²) >= 11 is 3.46. The lowest BCUT2D eigenvalue weighted by molar-refractivity contribution is -0.136. The van der Waals surface area contributed by atoms with Crippen LogP contribution in [0, 0.1) is 0 Å². The summed E-state index contributed by atoms with van der Waals surface area (Å²) in [6.45, 7) is 2.41. The monoisotopic (exact) mass is 307 g/mol. The van der Waals surface area contributed by atoms with Gasteiger partial charge in [0.1, 0.15) is 0 Å². The highest BCUT2D eigenvalue weighted by molar-refractivity contribution is 9.10. The van der Waals surface area contributed by atoms with Gasteiger partial charge in [0.2, 0.25) is 0 Å². The Balaban J connectivity index is 2.27. The number of halogens is 1. The van der Waals surface area contributed by atoms with E-state index < -0.39 is 0 Å². The summed E-state index contributed by atoms with van der Waals surface area (Å²) in [4.78, 5) is 11.3. The zero-order valence-electron chi connectivity index (χ0n) is 10.3. The summed E-state index contributed by atoms with van der Waals surface area (Å²) in [5.74, 6) is -0.285. The Kier molecular flexibility index (Phi) is 3.87. The van der Waals surface area contributed by atoms with Gasteiger partial charge < -0.3 is 9.30 Å². The molecule has 0 N–H and O–H groups in total. The van der Waals surface area contributed by atoms with Crippen molar-refractivity contribution in [3.63, 3.8) is 0 Å². The fourth-order valence-corrected chi connectivity index (χ4v) is 2.14. The molecule has 0 amide bonds. The van der Waals surface area contributed by atoms with Crippen LogP contribution in [-0.2, 0) is 16.1 Å². The van der Waals surface area contributed by atoms with Gasteiger partial charge in [0, 0.05) is 28.3 Å². The number of aromatic nitrogens is 1. The number of hydrogen-bond donors (Lipinski definition) is 0.